The van der Waals surface area contributed by atoms with Crippen molar-refractivity contribution >= 4 is 0 Å². The van der Waals surface area contributed by atoms with Gasteiger partial charge in [0.1, 0.15) is 0 Å². The Labute approximate surface area is 102 Å². The Balaban J connectivity index is 2.40. The van der Waals surface area contributed by atoms with Crippen LogP contribution < -0.4 is 5.73 Å². The van der Waals surface area contributed by atoms with Gasteiger partial charge < -0.3 is 5.73 Å². The number of rotatable bonds is 9. The Morgan fingerprint density at radius 2 is 1.88 bits per heavy atom. The SMILES string of the molecule is CCCCCCC(C)(CN)N(CC)C1CC1. The molecule has 0 radical (unpaired) electrons. The van der Waals surface area contributed by atoms with E-state index in [1.807, 2.05) is 0 Å². The van der Waals surface area contributed by atoms with Crippen LogP contribution in [0.5, 0.6) is 0 Å². The Morgan fingerprint density at radius 3 is 2.31 bits per heavy atom. The van der Waals surface area contributed by atoms with E-state index in [9.17, 15) is 0 Å². The van der Waals surface area contributed by atoms with Gasteiger partial charge in [0.15, 0.2) is 0 Å². The largest absolute Gasteiger partial charge is 0.329 e. The second-order valence-corrected chi connectivity index (χ2v) is 5.53. The fourth-order valence-electron chi connectivity index (χ4n) is 2.76. The van der Waals surface area contributed by atoms with Crippen molar-refractivity contribution in [2.24, 2.45) is 5.73 Å². The Kier molecular flexibility index (Phi) is 5.77. The molecule has 0 bridgehead atoms. The molecule has 16 heavy (non-hydrogen) atoms. The van der Waals surface area contributed by atoms with Crippen LogP contribution in [0.25, 0.3) is 0 Å². The van der Waals surface area contributed by atoms with Crippen LogP contribution in [-0.2, 0) is 0 Å². The first-order valence-electron chi connectivity index (χ1n) is 7.14. The van der Waals surface area contributed by atoms with E-state index in [0.29, 0.717) is 0 Å². The minimum Gasteiger partial charge on any atom is -0.329 e. The Morgan fingerprint density at radius 1 is 1.19 bits per heavy atom. The maximum Gasteiger partial charge on any atom is 0.0306 e. The zero-order valence-corrected chi connectivity index (χ0v) is 11.5. The van der Waals surface area contributed by atoms with Crippen LogP contribution in [0.3, 0.4) is 0 Å². The fraction of sp³-hybridized carbons (Fsp3) is 1.00. The minimum atomic E-state index is 0.254. The summed E-state index contributed by atoms with van der Waals surface area (Å²) in [4.78, 5) is 2.65. The van der Waals surface area contributed by atoms with Crippen molar-refractivity contribution in [3.63, 3.8) is 0 Å². The van der Waals surface area contributed by atoms with Crippen molar-refractivity contribution < 1.29 is 0 Å². The number of hydrogen-bond acceptors (Lipinski definition) is 2. The first kappa shape index (κ1) is 14.0. The zero-order chi connectivity index (χ0) is 12.0. The predicted molar refractivity (Wildman–Crippen MR) is 71.6 cm³/mol. The number of nitrogens with two attached hydrogens (primary N) is 1. The average Bonchev–Trinajstić information content (AvgIpc) is 3.10. The first-order chi connectivity index (χ1) is 7.68. The molecule has 1 aliphatic carbocycles. The molecule has 1 rings (SSSR count). The summed E-state index contributed by atoms with van der Waals surface area (Å²) >= 11 is 0. The summed E-state index contributed by atoms with van der Waals surface area (Å²) in [7, 11) is 0. The highest BCUT2D eigenvalue weighted by Gasteiger charge is 2.38. The van der Waals surface area contributed by atoms with E-state index in [-0.39, 0.29) is 5.54 Å². The van der Waals surface area contributed by atoms with Gasteiger partial charge in [-0.25, -0.2) is 0 Å². The van der Waals surface area contributed by atoms with E-state index >= 15 is 0 Å². The van der Waals surface area contributed by atoms with Crippen molar-refractivity contribution in [3.8, 4) is 0 Å². The topological polar surface area (TPSA) is 29.3 Å². The molecule has 2 nitrogen and oxygen atoms in total. The highest BCUT2D eigenvalue weighted by Crippen LogP contribution is 2.34. The number of unbranched alkanes of at least 4 members (excludes halogenated alkanes) is 3. The molecule has 2 N–H and O–H groups in total. The molecule has 0 aliphatic heterocycles. The van der Waals surface area contributed by atoms with Crippen LogP contribution in [0.1, 0.15) is 65.7 Å². The minimum absolute atomic E-state index is 0.254. The van der Waals surface area contributed by atoms with Crippen LogP contribution in [0.4, 0.5) is 0 Å². The average molecular weight is 226 g/mol. The maximum absolute atomic E-state index is 6.02. The highest BCUT2D eigenvalue weighted by atomic mass is 15.2. The van der Waals surface area contributed by atoms with Gasteiger partial charge in [-0.05, 0) is 32.7 Å². The van der Waals surface area contributed by atoms with Gasteiger partial charge in [0.25, 0.3) is 0 Å². The van der Waals surface area contributed by atoms with E-state index in [1.54, 1.807) is 0 Å². The molecule has 0 amide bonds. The summed E-state index contributed by atoms with van der Waals surface area (Å²) in [5.74, 6) is 0. The van der Waals surface area contributed by atoms with Crippen LogP contribution in [-0.4, -0.2) is 29.6 Å². The van der Waals surface area contributed by atoms with Crippen molar-refractivity contribution in [3.05, 3.63) is 0 Å². The predicted octanol–water partition coefficient (Wildman–Crippen LogP) is 3.16. The lowest BCUT2D eigenvalue weighted by Gasteiger charge is -2.40. The van der Waals surface area contributed by atoms with Crippen molar-refractivity contribution in [1.82, 2.24) is 4.90 Å². The van der Waals surface area contributed by atoms with Crippen LogP contribution in [0.2, 0.25) is 0 Å². The van der Waals surface area contributed by atoms with Crippen molar-refractivity contribution in [2.45, 2.75) is 77.3 Å². The van der Waals surface area contributed by atoms with Crippen LogP contribution in [0.15, 0.2) is 0 Å². The van der Waals surface area contributed by atoms with E-state index in [2.05, 4.69) is 25.7 Å². The van der Waals surface area contributed by atoms with E-state index < -0.39 is 0 Å². The molecule has 0 aromatic heterocycles. The molecule has 96 valence electrons. The fourth-order valence-corrected chi connectivity index (χ4v) is 2.76. The molecule has 0 heterocycles. The van der Waals surface area contributed by atoms with E-state index in [1.165, 1.54) is 44.9 Å². The molecule has 2 heteroatoms. The zero-order valence-electron chi connectivity index (χ0n) is 11.5. The van der Waals surface area contributed by atoms with Gasteiger partial charge in [-0.15, -0.1) is 0 Å². The highest BCUT2D eigenvalue weighted by molar-refractivity contribution is 4.96. The van der Waals surface area contributed by atoms with Gasteiger partial charge in [0.2, 0.25) is 0 Å². The third-order valence-electron chi connectivity index (χ3n) is 4.03. The Bertz CT molecular complexity index is 189. The lowest BCUT2D eigenvalue weighted by atomic mass is 9.91. The van der Waals surface area contributed by atoms with Gasteiger partial charge in [-0.2, -0.15) is 0 Å². The van der Waals surface area contributed by atoms with Crippen molar-refractivity contribution in [2.75, 3.05) is 13.1 Å². The van der Waals surface area contributed by atoms with Gasteiger partial charge in [0.05, 0.1) is 0 Å². The maximum atomic E-state index is 6.02. The molecule has 1 atom stereocenters. The van der Waals surface area contributed by atoms with Gasteiger partial charge in [0, 0.05) is 18.1 Å². The molecule has 0 aromatic rings. The smallest absolute Gasteiger partial charge is 0.0306 e. The van der Waals surface area contributed by atoms with E-state index in [4.69, 9.17) is 5.73 Å². The van der Waals surface area contributed by atoms with E-state index in [0.717, 1.165) is 19.1 Å². The summed E-state index contributed by atoms with van der Waals surface area (Å²) in [5.41, 5.74) is 6.28. The third kappa shape index (κ3) is 3.74. The molecule has 0 spiro atoms. The van der Waals surface area contributed by atoms with Gasteiger partial charge in [-0.1, -0.05) is 39.5 Å². The van der Waals surface area contributed by atoms with Gasteiger partial charge in [-0.3, -0.25) is 4.90 Å². The molecule has 1 fully saturated rings. The van der Waals surface area contributed by atoms with Crippen LogP contribution >= 0.6 is 0 Å². The number of likely N-dealkylation sites (N-methyl/N-ethyl adjacent to an activating group) is 1. The standard InChI is InChI=1S/C14H30N2/c1-4-6-7-8-11-14(3,12-15)16(5-2)13-9-10-13/h13H,4-12,15H2,1-3H3. The monoisotopic (exact) mass is 226 g/mol. The van der Waals surface area contributed by atoms with Crippen LogP contribution in [0, 0.1) is 0 Å². The summed E-state index contributed by atoms with van der Waals surface area (Å²) in [6, 6.07) is 0.838. The number of hydrogen-bond donors (Lipinski definition) is 1. The molecule has 1 saturated carbocycles. The first-order valence-corrected chi connectivity index (χ1v) is 7.14. The normalized spacial score (nSPS) is 20.1. The lowest BCUT2D eigenvalue weighted by Crippen LogP contribution is -2.52. The molecular weight excluding hydrogens is 196 g/mol. The summed E-state index contributed by atoms with van der Waals surface area (Å²) < 4.78 is 0. The quantitative estimate of drug-likeness (QED) is 0.612. The van der Waals surface area contributed by atoms with Crippen molar-refractivity contribution in [1.29, 1.82) is 0 Å². The lowest BCUT2D eigenvalue weighted by molar-refractivity contribution is 0.0958. The molecular formula is C14H30N2. The molecule has 0 aromatic carbocycles. The number of nitrogens with zero attached hydrogens (tertiary/aromatic N) is 1. The molecule has 1 unspecified atom stereocenters. The molecule has 1 aliphatic rings. The molecule has 0 saturated heterocycles. The summed E-state index contributed by atoms with van der Waals surface area (Å²) in [6.07, 6.45) is 9.44. The van der Waals surface area contributed by atoms with Gasteiger partial charge >= 0.3 is 0 Å². The summed E-state index contributed by atoms with van der Waals surface area (Å²) in [6.45, 7) is 8.87. The second-order valence-electron chi connectivity index (χ2n) is 5.53. The second kappa shape index (κ2) is 6.61. The third-order valence-corrected chi connectivity index (χ3v) is 4.03. The summed E-state index contributed by atoms with van der Waals surface area (Å²) in [5, 5.41) is 0. The Hall–Kier alpha value is -0.0800.